The van der Waals surface area contributed by atoms with Crippen LogP contribution in [0.25, 0.3) is 0 Å². The van der Waals surface area contributed by atoms with E-state index in [1.54, 1.807) is 0 Å². The summed E-state index contributed by atoms with van der Waals surface area (Å²) in [4.78, 5) is 13.9. The fourth-order valence-corrected chi connectivity index (χ4v) is 2.45. The van der Waals surface area contributed by atoms with Gasteiger partial charge in [0.15, 0.2) is 0 Å². The third-order valence-corrected chi connectivity index (χ3v) is 3.61. The highest BCUT2D eigenvalue weighted by Gasteiger charge is 2.12. The predicted octanol–water partition coefficient (Wildman–Crippen LogP) is 3.58. The summed E-state index contributed by atoms with van der Waals surface area (Å²) in [5.74, 6) is 0.323. The van der Waals surface area contributed by atoms with Crippen molar-refractivity contribution < 1.29 is 4.79 Å². The average molecular weight is 257 g/mol. The molecule has 0 spiro atoms. The number of benzene rings is 1. The largest absolute Gasteiger partial charge is 0.339 e. The van der Waals surface area contributed by atoms with Crippen molar-refractivity contribution >= 4 is 5.91 Å². The monoisotopic (exact) mass is 257 g/mol. The van der Waals surface area contributed by atoms with E-state index in [4.69, 9.17) is 0 Å². The fourth-order valence-electron chi connectivity index (χ4n) is 2.45. The zero-order valence-corrected chi connectivity index (χ0v) is 11.6. The van der Waals surface area contributed by atoms with Crippen LogP contribution >= 0.6 is 0 Å². The van der Waals surface area contributed by atoms with Crippen LogP contribution in [0.1, 0.15) is 37.7 Å². The van der Waals surface area contributed by atoms with Gasteiger partial charge in [0.05, 0.1) is 0 Å². The van der Waals surface area contributed by atoms with Crippen molar-refractivity contribution in [1.82, 2.24) is 4.90 Å². The normalized spacial score (nSPS) is 14.6. The van der Waals surface area contributed by atoms with Crippen LogP contribution in [0.2, 0.25) is 0 Å². The summed E-state index contributed by atoms with van der Waals surface area (Å²) >= 11 is 0. The van der Waals surface area contributed by atoms with E-state index in [0.717, 1.165) is 38.8 Å². The van der Waals surface area contributed by atoms with Crippen molar-refractivity contribution in [3.05, 3.63) is 48.0 Å². The van der Waals surface area contributed by atoms with Crippen LogP contribution in [0.5, 0.6) is 0 Å². The Labute approximate surface area is 116 Å². The highest BCUT2D eigenvalue weighted by Crippen LogP contribution is 2.10. The number of amides is 1. The smallest absolute Gasteiger partial charge is 0.222 e. The molecule has 2 heteroatoms. The molecule has 0 bridgehead atoms. The molecular formula is C17H23NO. The van der Waals surface area contributed by atoms with Crippen LogP contribution in [0, 0.1) is 0 Å². The Hall–Kier alpha value is -1.57. The summed E-state index contributed by atoms with van der Waals surface area (Å²) in [6.07, 6.45) is 10.4. The van der Waals surface area contributed by atoms with E-state index in [2.05, 4.69) is 42.5 Å². The third-order valence-electron chi connectivity index (χ3n) is 3.61. The maximum atomic E-state index is 11.9. The number of aryl methyl sites for hydroxylation is 1. The van der Waals surface area contributed by atoms with E-state index in [1.165, 1.54) is 12.0 Å². The Bertz CT molecular complexity index is 411. The van der Waals surface area contributed by atoms with E-state index >= 15 is 0 Å². The van der Waals surface area contributed by atoms with Gasteiger partial charge in [-0.3, -0.25) is 4.79 Å². The summed E-state index contributed by atoms with van der Waals surface area (Å²) in [6, 6.07) is 10.6. The number of hydrogen-bond acceptors (Lipinski definition) is 1. The molecule has 0 unspecified atom stereocenters. The van der Waals surface area contributed by atoms with Crippen LogP contribution in [0.4, 0.5) is 0 Å². The first-order chi connectivity index (χ1) is 9.36. The van der Waals surface area contributed by atoms with Gasteiger partial charge in [-0.05, 0) is 31.2 Å². The van der Waals surface area contributed by atoms with Gasteiger partial charge in [-0.1, -0.05) is 48.9 Å². The SMILES string of the molecule is O=C(CCCCCc1ccccc1)N1CC=CCC1. The van der Waals surface area contributed by atoms with Crippen LogP contribution in [0.15, 0.2) is 42.5 Å². The maximum absolute atomic E-state index is 11.9. The molecule has 1 aromatic carbocycles. The van der Waals surface area contributed by atoms with Gasteiger partial charge in [0.2, 0.25) is 5.91 Å². The van der Waals surface area contributed by atoms with Gasteiger partial charge < -0.3 is 4.90 Å². The lowest BCUT2D eigenvalue weighted by molar-refractivity contribution is -0.130. The van der Waals surface area contributed by atoms with E-state index in [0.29, 0.717) is 12.3 Å². The number of rotatable bonds is 6. The van der Waals surface area contributed by atoms with E-state index in [-0.39, 0.29) is 0 Å². The number of unbranched alkanes of at least 4 members (excludes halogenated alkanes) is 2. The van der Waals surface area contributed by atoms with Crippen molar-refractivity contribution in [1.29, 1.82) is 0 Å². The van der Waals surface area contributed by atoms with E-state index in [1.807, 2.05) is 4.90 Å². The molecule has 1 aliphatic heterocycles. The van der Waals surface area contributed by atoms with E-state index in [9.17, 15) is 4.79 Å². The molecule has 0 aromatic heterocycles. The zero-order chi connectivity index (χ0) is 13.3. The molecule has 0 radical (unpaired) electrons. The summed E-state index contributed by atoms with van der Waals surface area (Å²) in [5.41, 5.74) is 1.40. The topological polar surface area (TPSA) is 20.3 Å². The molecule has 0 atom stereocenters. The van der Waals surface area contributed by atoms with Gasteiger partial charge in [0.25, 0.3) is 0 Å². The molecule has 0 fully saturated rings. The minimum absolute atomic E-state index is 0.323. The third kappa shape index (κ3) is 4.90. The number of carbonyl (C=O) groups is 1. The van der Waals surface area contributed by atoms with Crippen LogP contribution in [-0.2, 0) is 11.2 Å². The Kier molecular flexibility index (Phi) is 5.67. The van der Waals surface area contributed by atoms with Gasteiger partial charge in [-0.25, -0.2) is 0 Å². The van der Waals surface area contributed by atoms with Crippen molar-refractivity contribution in [2.75, 3.05) is 13.1 Å². The zero-order valence-electron chi connectivity index (χ0n) is 11.6. The minimum atomic E-state index is 0.323. The average Bonchev–Trinajstić information content (AvgIpc) is 2.49. The van der Waals surface area contributed by atoms with Gasteiger partial charge in [-0.2, -0.15) is 0 Å². The lowest BCUT2D eigenvalue weighted by atomic mass is 10.1. The molecule has 2 nitrogen and oxygen atoms in total. The highest BCUT2D eigenvalue weighted by atomic mass is 16.2. The quantitative estimate of drug-likeness (QED) is 0.563. The Morgan fingerprint density at radius 3 is 2.63 bits per heavy atom. The van der Waals surface area contributed by atoms with Crippen LogP contribution in [0.3, 0.4) is 0 Å². The Morgan fingerprint density at radius 2 is 1.89 bits per heavy atom. The van der Waals surface area contributed by atoms with Crippen molar-refractivity contribution in [2.45, 2.75) is 38.5 Å². The van der Waals surface area contributed by atoms with Crippen molar-refractivity contribution in [3.8, 4) is 0 Å². The van der Waals surface area contributed by atoms with Gasteiger partial charge in [0.1, 0.15) is 0 Å². The molecule has 1 heterocycles. The minimum Gasteiger partial charge on any atom is -0.339 e. The van der Waals surface area contributed by atoms with Crippen LogP contribution < -0.4 is 0 Å². The summed E-state index contributed by atoms with van der Waals surface area (Å²) in [5, 5.41) is 0. The molecule has 0 aliphatic carbocycles. The standard InChI is InChI=1S/C17H23NO/c19-17(18-14-8-3-9-15-18)13-7-2-6-12-16-10-4-1-5-11-16/h1,3-5,8,10-11H,2,6-7,9,12-15H2. The number of nitrogens with zero attached hydrogens (tertiary/aromatic N) is 1. The molecule has 0 N–H and O–H groups in total. The second kappa shape index (κ2) is 7.78. The number of carbonyl (C=O) groups excluding carboxylic acids is 1. The second-order valence-electron chi connectivity index (χ2n) is 5.15. The maximum Gasteiger partial charge on any atom is 0.222 e. The summed E-state index contributed by atoms with van der Waals surface area (Å²) < 4.78 is 0. The molecule has 102 valence electrons. The lowest BCUT2D eigenvalue weighted by Crippen LogP contribution is -2.33. The van der Waals surface area contributed by atoms with Crippen molar-refractivity contribution in [3.63, 3.8) is 0 Å². The highest BCUT2D eigenvalue weighted by molar-refractivity contribution is 5.76. The molecule has 1 aliphatic rings. The molecule has 0 saturated carbocycles. The predicted molar refractivity (Wildman–Crippen MR) is 79.0 cm³/mol. The second-order valence-corrected chi connectivity index (χ2v) is 5.15. The Balaban J connectivity index is 1.56. The first kappa shape index (κ1) is 13.9. The first-order valence-electron chi connectivity index (χ1n) is 7.33. The van der Waals surface area contributed by atoms with Gasteiger partial charge >= 0.3 is 0 Å². The lowest BCUT2D eigenvalue weighted by Gasteiger charge is -2.23. The van der Waals surface area contributed by atoms with Gasteiger partial charge in [0, 0.05) is 19.5 Å². The Morgan fingerprint density at radius 1 is 1.05 bits per heavy atom. The molecule has 19 heavy (non-hydrogen) atoms. The summed E-state index contributed by atoms with van der Waals surface area (Å²) in [7, 11) is 0. The molecule has 1 amide bonds. The summed E-state index contributed by atoms with van der Waals surface area (Å²) in [6.45, 7) is 1.71. The first-order valence-corrected chi connectivity index (χ1v) is 7.33. The fraction of sp³-hybridized carbons (Fsp3) is 0.471. The number of hydrogen-bond donors (Lipinski definition) is 0. The van der Waals surface area contributed by atoms with Gasteiger partial charge in [-0.15, -0.1) is 0 Å². The molecular weight excluding hydrogens is 234 g/mol. The molecule has 2 rings (SSSR count). The van der Waals surface area contributed by atoms with E-state index < -0.39 is 0 Å². The molecule has 1 aromatic rings. The molecule has 0 saturated heterocycles. The van der Waals surface area contributed by atoms with Crippen LogP contribution in [-0.4, -0.2) is 23.9 Å². The van der Waals surface area contributed by atoms with Crippen molar-refractivity contribution in [2.24, 2.45) is 0 Å².